The highest BCUT2D eigenvalue weighted by Crippen LogP contribution is 2.11. The van der Waals surface area contributed by atoms with E-state index in [2.05, 4.69) is 11.2 Å². The van der Waals surface area contributed by atoms with Crippen LogP contribution < -0.4 is 5.11 Å². The van der Waals surface area contributed by atoms with Gasteiger partial charge in [0.05, 0.1) is 0 Å². The van der Waals surface area contributed by atoms with Crippen molar-refractivity contribution in [3.05, 3.63) is 35.4 Å². The van der Waals surface area contributed by atoms with Crippen LogP contribution in [-0.4, -0.2) is 30.1 Å². The topological polar surface area (TPSA) is 47.7 Å². The molecule has 0 amide bonds. The predicted molar refractivity (Wildman–Crippen MR) is 59.5 cm³/mol. The molecule has 4 nitrogen and oxygen atoms in total. The average molecular weight is 218 g/mol. The van der Waals surface area contributed by atoms with Crippen molar-refractivity contribution in [1.82, 2.24) is 0 Å². The lowest BCUT2D eigenvalue weighted by atomic mass is 10.0. The Bertz CT molecular complexity index is 438. The summed E-state index contributed by atoms with van der Waals surface area (Å²) in [6.45, 7) is 2.84. The van der Waals surface area contributed by atoms with Crippen LogP contribution in [0.1, 0.15) is 18.1 Å². The highest BCUT2D eigenvalue weighted by Gasteiger charge is 2.14. The normalized spacial score (nSPS) is 15.3. The second-order valence-electron chi connectivity index (χ2n) is 3.54. The Kier molecular flexibility index (Phi) is 3.19. The van der Waals surface area contributed by atoms with Gasteiger partial charge in [-0.25, -0.2) is 0 Å². The van der Waals surface area contributed by atoms with Crippen LogP contribution in [-0.2, 0) is 11.2 Å². The van der Waals surface area contributed by atoms with Crippen LogP contribution in [0.25, 0.3) is 0 Å². The number of hydrogen-bond acceptors (Lipinski definition) is 3. The van der Waals surface area contributed by atoms with E-state index < -0.39 is 6.08 Å². The third kappa shape index (κ3) is 2.39. The van der Waals surface area contributed by atoms with Gasteiger partial charge in [-0.2, -0.15) is 0 Å². The van der Waals surface area contributed by atoms with Gasteiger partial charge in [-0.05, 0) is 18.2 Å². The van der Waals surface area contributed by atoms with Crippen LogP contribution in [0.3, 0.4) is 0 Å². The molecule has 0 bridgehead atoms. The van der Waals surface area contributed by atoms with Crippen LogP contribution in [0.15, 0.2) is 29.4 Å². The zero-order valence-electron chi connectivity index (χ0n) is 9.22. The summed E-state index contributed by atoms with van der Waals surface area (Å²) in [4.78, 5) is 0. The van der Waals surface area contributed by atoms with E-state index in [0.29, 0.717) is 6.61 Å². The van der Waals surface area contributed by atoms with Gasteiger partial charge in [0.1, 0.15) is 0 Å². The van der Waals surface area contributed by atoms with Crippen molar-refractivity contribution in [2.45, 2.75) is 13.3 Å². The van der Waals surface area contributed by atoms with Crippen LogP contribution in [0.4, 0.5) is 0 Å². The molecule has 0 radical (unpaired) electrons. The number of ether oxygens (including phenoxy) is 1. The molecule has 0 aliphatic carbocycles. The number of hydrogen-bond donors (Lipinski definition) is 0. The Morgan fingerprint density at radius 2 is 2.31 bits per heavy atom. The van der Waals surface area contributed by atoms with Gasteiger partial charge in [0.2, 0.25) is 12.3 Å². The Morgan fingerprint density at radius 3 is 3.12 bits per heavy atom. The monoisotopic (exact) mass is 218 g/mol. The number of rotatable bonds is 2. The first-order valence-electron chi connectivity index (χ1n) is 5.37. The standard InChI is InChI=1S/C12H14N2O2/c1-2-16-12(15)13-14-8-7-10-5-3-4-6-11(10)9-14/h3-6,9H,2,7-8H2,1H3. The highest BCUT2D eigenvalue weighted by atomic mass is 16.6. The second-order valence-corrected chi connectivity index (χ2v) is 3.54. The highest BCUT2D eigenvalue weighted by molar-refractivity contribution is 5.78. The summed E-state index contributed by atoms with van der Waals surface area (Å²) in [5.74, 6) is 0. The van der Waals surface area contributed by atoms with E-state index >= 15 is 0 Å². The Hall–Kier alpha value is -1.84. The molecule has 1 aliphatic heterocycles. The summed E-state index contributed by atoms with van der Waals surface area (Å²) in [5.41, 5.74) is 2.40. The van der Waals surface area contributed by atoms with Crippen molar-refractivity contribution >= 4 is 12.3 Å². The molecule has 1 aromatic rings. The lowest BCUT2D eigenvalue weighted by Gasteiger charge is -2.11. The summed E-state index contributed by atoms with van der Waals surface area (Å²) in [5, 5.41) is 15.0. The van der Waals surface area contributed by atoms with E-state index in [0.717, 1.165) is 18.5 Å². The molecule has 0 fully saturated rings. The molecule has 0 saturated carbocycles. The third-order valence-corrected chi connectivity index (χ3v) is 2.43. The lowest BCUT2D eigenvalue weighted by Crippen LogP contribution is -2.27. The Labute approximate surface area is 94.5 Å². The Balaban J connectivity index is 2.21. The molecular weight excluding hydrogens is 204 g/mol. The lowest BCUT2D eigenvalue weighted by molar-refractivity contribution is -0.536. The number of nitrogens with zero attached hydrogens (tertiary/aromatic N) is 2. The molecule has 1 heterocycles. The largest absolute Gasteiger partial charge is 0.596 e. The van der Waals surface area contributed by atoms with Crippen molar-refractivity contribution in [1.29, 1.82) is 0 Å². The maximum atomic E-state index is 11.2. The van der Waals surface area contributed by atoms with Gasteiger partial charge >= 0.3 is 0 Å². The molecule has 0 N–H and O–H groups in total. The summed E-state index contributed by atoms with van der Waals surface area (Å²) in [7, 11) is 0. The fraction of sp³-hybridized carbons (Fsp3) is 0.333. The fourth-order valence-corrected chi connectivity index (χ4v) is 1.68. The Morgan fingerprint density at radius 1 is 1.50 bits per heavy atom. The van der Waals surface area contributed by atoms with Crippen molar-refractivity contribution < 1.29 is 14.5 Å². The molecule has 0 spiro atoms. The van der Waals surface area contributed by atoms with Gasteiger partial charge in [-0.1, -0.05) is 29.8 Å². The van der Waals surface area contributed by atoms with E-state index in [-0.39, 0.29) is 0 Å². The first kappa shape index (κ1) is 10.7. The van der Waals surface area contributed by atoms with E-state index in [1.165, 1.54) is 5.56 Å². The molecule has 4 heteroatoms. The smallest absolute Gasteiger partial charge is 0.221 e. The van der Waals surface area contributed by atoms with Gasteiger partial charge < -0.3 is 9.84 Å². The molecule has 0 unspecified atom stereocenters. The van der Waals surface area contributed by atoms with E-state index in [1.54, 1.807) is 11.6 Å². The third-order valence-electron chi connectivity index (χ3n) is 2.43. The molecule has 1 aliphatic rings. The maximum absolute atomic E-state index is 11.2. The van der Waals surface area contributed by atoms with Gasteiger partial charge in [0.25, 0.3) is 0 Å². The van der Waals surface area contributed by atoms with Crippen molar-refractivity contribution in [2.24, 2.45) is 5.10 Å². The number of hydrazone groups is 1. The molecule has 0 saturated heterocycles. The first-order chi connectivity index (χ1) is 7.79. The van der Waals surface area contributed by atoms with Crippen LogP contribution in [0.5, 0.6) is 0 Å². The van der Waals surface area contributed by atoms with Crippen LogP contribution in [0, 0.1) is 0 Å². The zero-order valence-corrected chi connectivity index (χ0v) is 9.22. The molecule has 84 valence electrons. The van der Waals surface area contributed by atoms with Gasteiger partial charge in [0.15, 0.2) is 6.54 Å². The first-order valence-corrected chi connectivity index (χ1v) is 5.37. The number of benzene rings is 1. The minimum atomic E-state index is -0.530. The van der Waals surface area contributed by atoms with E-state index in [1.807, 2.05) is 24.4 Å². The molecule has 0 atom stereocenters. The maximum Gasteiger partial charge on any atom is 0.221 e. The summed E-state index contributed by atoms with van der Waals surface area (Å²) < 4.78 is 6.40. The van der Waals surface area contributed by atoms with Crippen LogP contribution >= 0.6 is 0 Å². The minimum Gasteiger partial charge on any atom is -0.596 e. The number of fused-ring (bicyclic) bond motifs is 1. The van der Waals surface area contributed by atoms with Gasteiger partial charge in [-0.15, -0.1) is 0 Å². The van der Waals surface area contributed by atoms with Crippen molar-refractivity contribution in [3.63, 3.8) is 0 Å². The van der Waals surface area contributed by atoms with Gasteiger partial charge in [0, 0.05) is 17.1 Å². The quantitative estimate of drug-likeness (QED) is 0.408. The van der Waals surface area contributed by atoms with Crippen LogP contribution in [0.2, 0.25) is 0 Å². The molecule has 0 aromatic heterocycles. The molecule has 2 rings (SSSR count). The van der Waals surface area contributed by atoms with Crippen molar-refractivity contribution in [2.75, 3.05) is 13.2 Å². The summed E-state index contributed by atoms with van der Waals surface area (Å²) in [6.07, 6.45) is 2.24. The summed E-state index contributed by atoms with van der Waals surface area (Å²) in [6, 6.07) is 8.10. The average Bonchev–Trinajstić information content (AvgIpc) is 2.29. The van der Waals surface area contributed by atoms with Crippen molar-refractivity contribution in [3.8, 4) is 0 Å². The molecule has 16 heavy (non-hydrogen) atoms. The van der Waals surface area contributed by atoms with Gasteiger partial charge in [-0.3, -0.25) is 0 Å². The molecule has 1 aromatic carbocycles. The minimum absolute atomic E-state index is 0.354. The fourth-order valence-electron chi connectivity index (χ4n) is 1.68. The predicted octanol–water partition coefficient (Wildman–Crippen LogP) is 0.342. The SMILES string of the molecule is CCO/C([O-])=N/[N+]1=Cc2ccccc2CC1. The van der Waals surface area contributed by atoms with E-state index in [4.69, 9.17) is 4.74 Å². The summed E-state index contributed by atoms with van der Waals surface area (Å²) >= 11 is 0. The van der Waals surface area contributed by atoms with E-state index in [9.17, 15) is 5.11 Å². The molecular formula is C12H14N2O2. The zero-order chi connectivity index (χ0) is 11.4. The second kappa shape index (κ2) is 4.79.